The van der Waals surface area contributed by atoms with Crippen molar-refractivity contribution in [1.82, 2.24) is 5.32 Å². The minimum Gasteiger partial charge on any atom is -0.390 e. The maximum absolute atomic E-state index is 11.2. The molecule has 0 aliphatic carbocycles. The van der Waals surface area contributed by atoms with E-state index in [2.05, 4.69) is 5.32 Å². The summed E-state index contributed by atoms with van der Waals surface area (Å²) in [6, 6.07) is -0.371. The highest BCUT2D eigenvalue weighted by atomic mass is 32.2. The Kier molecular flexibility index (Phi) is 3.76. The van der Waals surface area contributed by atoms with Crippen molar-refractivity contribution in [2.75, 3.05) is 25.2 Å². The third kappa shape index (κ3) is 3.71. The van der Waals surface area contributed by atoms with Gasteiger partial charge in [-0.15, -0.1) is 0 Å². The average molecular weight is 237 g/mol. The van der Waals surface area contributed by atoms with Gasteiger partial charge in [0.15, 0.2) is 9.84 Å². The monoisotopic (exact) mass is 237 g/mol. The van der Waals surface area contributed by atoms with Crippen molar-refractivity contribution in [3.05, 3.63) is 0 Å². The normalized spacial score (nSPS) is 30.7. The molecule has 1 fully saturated rings. The Hall–Kier alpha value is -0.170. The molecule has 0 aromatic heterocycles. The SMILES string of the molecule is COC(C)(C)CNC1CS(=O)(=O)CC1O. The van der Waals surface area contributed by atoms with Gasteiger partial charge in [0.2, 0.25) is 0 Å². The van der Waals surface area contributed by atoms with E-state index in [0.717, 1.165) is 0 Å². The Labute approximate surface area is 90.7 Å². The van der Waals surface area contributed by atoms with E-state index in [1.54, 1.807) is 7.11 Å². The molecule has 0 bridgehead atoms. The first-order valence-corrected chi connectivity index (χ1v) is 6.75. The fourth-order valence-electron chi connectivity index (χ4n) is 1.47. The highest BCUT2D eigenvalue weighted by Crippen LogP contribution is 2.14. The van der Waals surface area contributed by atoms with Gasteiger partial charge in [0.1, 0.15) is 0 Å². The fourth-order valence-corrected chi connectivity index (χ4v) is 3.25. The summed E-state index contributed by atoms with van der Waals surface area (Å²) in [6.45, 7) is 4.31. The van der Waals surface area contributed by atoms with Gasteiger partial charge in [0, 0.05) is 19.7 Å². The summed E-state index contributed by atoms with van der Waals surface area (Å²) in [7, 11) is -1.47. The molecular formula is C9H19NO4S. The number of methoxy groups -OCH3 is 1. The molecule has 6 heteroatoms. The van der Waals surface area contributed by atoms with Crippen LogP contribution >= 0.6 is 0 Å². The van der Waals surface area contributed by atoms with Crippen LogP contribution in [0.3, 0.4) is 0 Å². The van der Waals surface area contributed by atoms with Crippen LogP contribution in [0, 0.1) is 0 Å². The second-order valence-electron chi connectivity index (χ2n) is 4.60. The van der Waals surface area contributed by atoms with Crippen LogP contribution in [0.1, 0.15) is 13.8 Å². The van der Waals surface area contributed by atoms with Crippen LogP contribution in [0.2, 0.25) is 0 Å². The number of nitrogens with one attached hydrogen (secondary N) is 1. The highest BCUT2D eigenvalue weighted by Gasteiger charge is 2.36. The van der Waals surface area contributed by atoms with Crippen LogP contribution in [-0.2, 0) is 14.6 Å². The number of hydrogen-bond acceptors (Lipinski definition) is 5. The first-order valence-electron chi connectivity index (χ1n) is 4.93. The van der Waals surface area contributed by atoms with Crippen LogP contribution in [0.15, 0.2) is 0 Å². The summed E-state index contributed by atoms with van der Waals surface area (Å²) in [5.41, 5.74) is -0.355. The summed E-state index contributed by atoms with van der Waals surface area (Å²) in [5, 5.41) is 12.5. The van der Waals surface area contributed by atoms with Gasteiger partial charge in [0.05, 0.1) is 23.2 Å². The minimum atomic E-state index is -3.07. The molecule has 1 saturated heterocycles. The zero-order valence-electron chi connectivity index (χ0n) is 9.36. The predicted octanol–water partition coefficient (Wildman–Crippen LogP) is -0.841. The first kappa shape index (κ1) is 12.9. The molecule has 0 spiro atoms. The molecule has 1 heterocycles. The lowest BCUT2D eigenvalue weighted by molar-refractivity contribution is 0.0179. The molecule has 5 nitrogen and oxygen atoms in total. The lowest BCUT2D eigenvalue weighted by Gasteiger charge is -2.26. The first-order chi connectivity index (χ1) is 6.76. The van der Waals surface area contributed by atoms with Gasteiger partial charge in [0.25, 0.3) is 0 Å². The Balaban J connectivity index is 2.48. The molecule has 0 aromatic carbocycles. The molecule has 0 aromatic rings. The van der Waals surface area contributed by atoms with Crippen LogP contribution in [0.4, 0.5) is 0 Å². The van der Waals surface area contributed by atoms with Crippen molar-refractivity contribution in [3.8, 4) is 0 Å². The largest absolute Gasteiger partial charge is 0.390 e. The number of hydrogen-bond donors (Lipinski definition) is 2. The molecular weight excluding hydrogens is 218 g/mol. The van der Waals surface area contributed by atoms with E-state index < -0.39 is 15.9 Å². The average Bonchev–Trinajstić information content (AvgIpc) is 2.36. The Morgan fingerprint density at radius 2 is 2.07 bits per heavy atom. The van der Waals surface area contributed by atoms with E-state index in [1.165, 1.54) is 0 Å². The van der Waals surface area contributed by atoms with E-state index in [0.29, 0.717) is 6.54 Å². The number of ether oxygens (including phenoxy) is 1. The lowest BCUT2D eigenvalue weighted by Crippen LogP contribution is -2.46. The Morgan fingerprint density at radius 3 is 2.47 bits per heavy atom. The maximum Gasteiger partial charge on any atom is 0.154 e. The molecule has 2 atom stereocenters. The minimum absolute atomic E-state index is 0.00790. The van der Waals surface area contributed by atoms with Gasteiger partial charge >= 0.3 is 0 Å². The maximum atomic E-state index is 11.2. The lowest BCUT2D eigenvalue weighted by atomic mass is 10.1. The number of rotatable bonds is 4. The van der Waals surface area contributed by atoms with Gasteiger partial charge < -0.3 is 15.2 Å². The van der Waals surface area contributed by atoms with Gasteiger partial charge in [-0.05, 0) is 13.8 Å². The summed E-state index contributed by atoms with van der Waals surface area (Å²) < 4.78 is 27.6. The highest BCUT2D eigenvalue weighted by molar-refractivity contribution is 7.91. The Bertz CT molecular complexity index is 312. The van der Waals surface area contributed by atoms with Crippen LogP contribution in [-0.4, -0.2) is 56.4 Å². The smallest absolute Gasteiger partial charge is 0.154 e. The van der Waals surface area contributed by atoms with Gasteiger partial charge in [-0.3, -0.25) is 0 Å². The fraction of sp³-hybridized carbons (Fsp3) is 1.00. The van der Waals surface area contributed by atoms with E-state index in [-0.39, 0.29) is 23.1 Å². The van der Waals surface area contributed by atoms with Crippen molar-refractivity contribution in [2.45, 2.75) is 31.6 Å². The third-order valence-corrected chi connectivity index (χ3v) is 4.38. The second kappa shape index (κ2) is 4.37. The second-order valence-corrected chi connectivity index (χ2v) is 6.75. The molecule has 0 amide bonds. The summed E-state index contributed by atoms with van der Waals surface area (Å²) >= 11 is 0. The quantitative estimate of drug-likeness (QED) is 0.667. The van der Waals surface area contributed by atoms with E-state index in [9.17, 15) is 13.5 Å². The molecule has 15 heavy (non-hydrogen) atoms. The number of sulfone groups is 1. The third-order valence-electron chi connectivity index (χ3n) is 2.67. The molecule has 2 N–H and O–H groups in total. The van der Waals surface area contributed by atoms with Gasteiger partial charge in [-0.2, -0.15) is 0 Å². The van der Waals surface area contributed by atoms with Gasteiger partial charge in [-0.25, -0.2) is 8.42 Å². The van der Waals surface area contributed by atoms with E-state index in [4.69, 9.17) is 4.74 Å². The van der Waals surface area contributed by atoms with Gasteiger partial charge in [-0.1, -0.05) is 0 Å². The van der Waals surface area contributed by atoms with Crippen LogP contribution in [0.5, 0.6) is 0 Å². The summed E-state index contributed by atoms with van der Waals surface area (Å²) in [6.07, 6.45) is -0.803. The van der Waals surface area contributed by atoms with Crippen molar-refractivity contribution in [1.29, 1.82) is 0 Å². The topological polar surface area (TPSA) is 75.6 Å². The molecule has 90 valence electrons. The van der Waals surface area contributed by atoms with Crippen molar-refractivity contribution < 1.29 is 18.3 Å². The van der Waals surface area contributed by atoms with E-state index in [1.807, 2.05) is 13.8 Å². The summed E-state index contributed by atoms with van der Waals surface area (Å²) in [4.78, 5) is 0. The molecule has 0 radical (unpaired) electrons. The number of aliphatic hydroxyl groups is 1. The Morgan fingerprint density at radius 1 is 1.47 bits per heavy atom. The van der Waals surface area contributed by atoms with Crippen molar-refractivity contribution in [3.63, 3.8) is 0 Å². The standard InChI is InChI=1S/C9H19NO4S/c1-9(2,14-3)6-10-7-4-15(12,13)5-8(7)11/h7-8,10-11H,4-6H2,1-3H3. The molecule has 1 aliphatic rings. The van der Waals surface area contributed by atoms with Crippen molar-refractivity contribution >= 4 is 9.84 Å². The van der Waals surface area contributed by atoms with Crippen LogP contribution < -0.4 is 5.32 Å². The molecule has 0 saturated carbocycles. The van der Waals surface area contributed by atoms with Crippen LogP contribution in [0.25, 0.3) is 0 Å². The summed E-state index contributed by atoms with van der Waals surface area (Å²) in [5.74, 6) is -0.133. The zero-order chi connectivity index (χ0) is 11.7. The molecule has 1 rings (SSSR count). The molecule has 1 aliphatic heterocycles. The number of aliphatic hydroxyl groups excluding tert-OH is 1. The zero-order valence-corrected chi connectivity index (χ0v) is 10.2. The van der Waals surface area contributed by atoms with E-state index >= 15 is 0 Å². The molecule has 2 unspecified atom stereocenters. The predicted molar refractivity (Wildman–Crippen MR) is 57.5 cm³/mol. The van der Waals surface area contributed by atoms with Crippen molar-refractivity contribution in [2.24, 2.45) is 0 Å².